The highest BCUT2D eigenvalue weighted by Crippen LogP contribution is 2.29. The third kappa shape index (κ3) is 2.26. The largest absolute Gasteiger partial charge is 0.497 e. The topological polar surface area (TPSA) is 91.5 Å². The molecule has 0 aliphatic heterocycles. The van der Waals surface area contributed by atoms with Crippen LogP contribution in [0.25, 0.3) is 22.3 Å². The summed E-state index contributed by atoms with van der Waals surface area (Å²) in [4.78, 5) is 12.6. The maximum atomic E-state index is 12.6. The van der Waals surface area contributed by atoms with Gasteiger partial charge in [0.15, 0.2) is 5.43 Å². The van der Waals surface area contributed by atoms with Crippen LogP contribution in [0.5, 0.6) is 5.75 Å². The number of nitrogens with two attached hydrogens (primary N) is 2. The van der Waals surface area contributed by atoms with Gasteiger partial charge in [-0.25, -0.2) is 0 Å². The minimum Gasteiger partial charge on any atom is -0.497 e. The van der Waals surface area contributed by atoms with Crippen molar-refractivity contribution in [3.63, 3.8) is 0 Å². The van der Waals surface area contributed by atoms with Crippen molar-refractivity contribution in [1.82, 2.24) is 0 Å². The summed E-state index contributed by atoms with van der Waals surface area (Å²) in [6, 6.07) is 10.3. The van der Waals surface area contributed by atoms with Crippen LogP contribution in [0.3, 0.4) is 0 Å². The van der Waals surface area contributed by atoms with Gasteiger partial charge in [0.1, 0.15) is 17.1 Å². The number of anilines is 2. The van der Waals surface area contributed by atoms with Crippen LogP contribution in [0, 0.1) is 6.92 Å². The smallest absolute Gasteiger partial charge is 0.196 e. The number of fused-ring (bicyclic) bond motifs is 1. The standard InChI is InChI=1S/C17H16N2O3/c1-9-16(20)14-8-13(21-2)3-4-15(14)22-17(9)10-5-11(18)7-12(19)6-10/h3-8H,18-19H2,1-2H3. The first-order chi connectivity index (χ1) is 10.5. The molecule has 3 rings (SSSR count). The van der Waals surface area contributed by atoms with Gasteiger partial charge in [-0.3, -0.25) is 4.79 Å². The maximum absolute atomic E-state index is 12.6. The highest BCUT2D eigenvalue weighted by atomic mass is 16.5. The fourth-order valence-corrected chi connectivity index (χ4v) is 2.48. The molecule has 0 radical (unpaired) electrons. The average molecular weight is 296 g/mol. The van der Waals surface area contributed by atoms with Gasteiger partial charge >= 0.3 is 0 Å². The molecule has 5 nitrogen and oxygen atoms in total. The van der Waals surface area contributed by atoms with E-state index in [0.717, 1.165) is 0 Å². The number of benzene rings is 2. The Morgan fingerprint density at radius 1 is 1.05 bits per heavy atom. The molecule has 0 aliphatic rings. The lowest BCUT2D eigenvalue weighted by atomic mass is 10.0. The number of hydrogen-bond acceptors (Lipinski definition) is 5. The number of methoxy groups -OCH3 is 1. The van der Waals surface area contributed by atoms with Crippen LogP contribution in [-0.4, -0.2) is 7.11 Å². The molecule has 0 saturated carbocycles. The first-order valence-electron chi connectivity index (χ1n) is 6.77. The number of nitrogen functional groups attached to an aromatic ring is 2. The molecule has 4 N–H and O–H groups in total. The van der Waals surface area contributed by atoms with Gasteiger partial charge < -0.3 is 20.6 Å². The van der Waals surface area contributed by atoms with E-state index in [2.05, 4.69) is 0 Å². The number of rotatable bonds is 2. The second-order valence-corrected chi connectivity index (χ2v) is 5.14. The molecule has 0 atom stereocenters. The summed E-state index contributed by atoms with van der Waals surface area (Å²) < 4.78 is 11.1. The zero-order valence-corrected chi connectivity index (χ0v) is 12.3. The second kappa shape index (κ2) is 5.11. The van der Waals surface area contributed by atoms with E-state index in [0.29, 0.717) is 45.0 Å². The SMILES string of the molecule is COc1ccc2oc(-c3cc(N)cc(N)c3)c(C)c(=O)c2c1. The first-order valence-corrected chi connectivity index (χ1v) is 6.77. The van der Waals surface area contributed by atoms with Gasteiger partial charge in [0.25, 0.3) is 0 Å². The van der Waals surface area contributed by atoms with Crippen molar-refractivity contribution in [2.45, 2.75) is 6.92 Å². The normalized spacial score (nSPS) is 10.8. The molecular formula is C17H16N2O3. The Bertz CT molecular complexity index is 909. The number of ether oxygens (including phenoxy) is 1. The van der Waals surface area contributed by atoms with E-state index >= 15 is 0 Å². The van der Waals surface area contributed by atoms with Crippen LogP contribution in [0.1, 0.15) is 5.56 Å². The van der Waals surface area contributed by atoms with Crippen LogP contribution >= 0.6 is 0 Å². The van der Waals surface area contributed by atoms with Gasteiger partial charge in [-0.15, -0.1) is 0 Å². The van der Waals surface area contributed by atoms with Crippen molar-refractivity contribution in [2.24, 2.45) is 0 Å². The highest BCUT2D eigenvalue weighted by molar-refractivity contribution is 5.82. The molecule has 22 heavy (non-hydrogen) atoms. The lowest BCUT2D eigenvalue weighted by Gasteiger charge is -2.09. The monoisotopic (exact) mass is 296 g/mol. The van der Waals surface area contributed by atoms with E-state index in [1.807, 2.05) is 0 Å². The summed E-state index contributed by atoms with van der Waals surface area (Å²) in [5.41, 5.74) is 14.3. The quantitative estimate of drug-likeness (QED) is 0.709. The van der Waals surface area contributed by atoms with Gasteiger partial charge in [-0.2, -0.15) is 0 Å². The molecule has 5 heteroatoms. The van der Waals surface area contributed by atoms with Gasteiger partial charge in [0.2, 0.25) is 0 Å². The molecule has 1 aromatic heterocycles. The van der Waals surface area contributed by atoms with Gasteiger partial charge in [-0.1, -0.05) is 0 Å². The fraction of sp³-hybridized carbons (Fsp3) is 0.118. The van der Waals surface area contributed by atoms with E-state index in [4.69, 9.17) is 20.6 Å². The van der Waals surface area contributed by atoms with E-state index in [9.17, 15) is 4.79 Å². The second-order valence-electron chi connectivity index (χ2n) is 5.14. The van der Waals surface area contributed by atoms with Crippen LogP contribution in [-0.2, 0) is 0 Å². The summed E-state index contributed by atoms with van der Waals surface area (Å²) in [5, 5.41) is 0.484. The lowest BCUT2D eigenvalue weighted by Crippen LogP contribution is -2.07. The van der Waals surface area contributed by atoms with Crippen LogP contribution in [0.2, 0.25) is 0 Å². The predicted octanol–water partition coefficient (Wildman–Crippen LogP) is 2.94. The number of hydrogen-bond donors (Lipinski definition) is 2. The minimum atomic E-state index is -0.101. The molecule has 3 aromatic rings. The first kappa shape index (κ1) is 14.0. The predicted molar refractivity (Wildman–Crippen MR) is 88.0 cm³/mol. The molecule has 112 valence electrons. The third-order valence-electron chi connectivity index (χ3n) is 3.56. The van der Waals surface area contributed by atoms with Gasteiger partial charge in [0, 0.05) is 22.5 Å². The third-order valence-corrected chi connectivity index (χ3v) is 3.56. The Morgan fingerprint density at radius 3 is 2.36 bits per heavy atom. The Kier molecular flexibility index (Phi) is 3.25. The van der Waals surface area contributed by atoms with Crippen LogP contribution in [0.15, 0.2) is 45.6 Å². The summed E-state index contributed by atoms with van der Waals surface area (Å²) in [6.45, 7) is 1.72. The molecule has 0 aliphatic carbocycles. The van der Waals surface area contributed by atoms with Crippen molar-refractivity contribution in [3.8, 4) is 17.1 Å². The summed E-state index contributed by atoms with van der Waals surface area (Å²) in [5.74, 6) is 1.09. The maximum Gasteiger partial charge on any atom is 0.196 e. The highest BCUT2D eigenvalue weighted by Gasteiger charge is 2.14. The molecule has 0 saturated heterocycles. The Morgan fingerprint density at radius 2 is 1.73 bits per heavy atom. The molecule has 1 heterocycles. The molecule has 2 aromatic carbocycles. The van der Waals surface area contributed by atoms with Crippen LogP contribution in [0.4, 0.5) is 11.4 Å². The van der Waals surface area contributed by atoms with E-state index in [1.165, 1.54) is 0 Å². The van der Waals surface area contributed by atoms with E-state index in [1.54, 1.807) is 50.4 Å². The summed E-state index contributed by atoms with van der Waals surface area (Å²) in [7, 11) is 1.56. The molecule has 0 spiro atoms. The van der Waals surface area contributed by atoms with Gasteiger partial charge in [0.05, 0.1) is 12.5 Å². The molecule has 0 unspecified atom stereocenters. The molecular weight excluding hydrogens is 280 g/mol. The zero-order valence-electron chi connectivity index (χ0n) is 12.3. The average Bonchev–Trinajstić information content (AvgIpc) is 2.49. The fourth-order valence-electron chi connectivity index (χ4n) is 2.48. The Balaban J connectivity index is 2.31. The van der Waals surface area contributed by atoms with Crippen molar-refractivity contribution in [2.75, 3.05) is 18.6 Å². The molecule has 0 bridgehead atoms. The summed E-state index contributed by atoms with van der Waals surface area (Å²) >= 11 is 0. The van der Waals surface area contributed by atoms with Crippen LogP contribution < -0.4 is 21.6 Å². The van der Waals surface area contributed by atoms with E-state index in [-0.39, 0.29) is 5.43 Å². The Labute approximate surface area is 127 Å². The zero-order chi connectivity index (χ0) is 15.9. The summed E-state index contributed by atoms with van der Waals surface area (Å²) in [6.07, 6.45) is 0. The van der Waals surface area contributed by atoms with Crippen molar-refractivity contribution >= 4 is 22.3 Å². The van der Waals surface area contributed by atoms with E-state index < -0.39 is 0 Å². The van der Waals surface area contributed by atoms with Gasteiger partial charge in [-0.05, 0) is 43.3 Å². The van der Waals surface area contributed by atoms with Crippen molar-refractivity contribution in [1.29, 1.82) is 0 Å². The Hall–Kier alpha value is -2.95. The molecule has 0 amide bonds. The van der Waals surface area contributed by atoms with Crippen molar-refractivity contribution in [3.05, 3.63) is 52.2 Å². The molecule has 0 fully saturated rings. The minimum absolute atomic E-state index is 0.101. The van der Waals surface area contributed by atoms with Crippen molar-refractivity contribution < 1.29 is 9.15 Å². The lowest BCUT2D eigenvalue weighted by molar-refractivity contribution is 0.415.